The number of hydrogen-bond acceptors (Lipinski definition) is 9. The number of ether oxygens (including phenoxy) is 4. The molecule has 76 heavy (non-hydrogen) atoms. The summed E-state index contributed by atoms with van der Waals surface area (Å²) in [4.78, 5) is 53.2. The van der Waals surface area contributed by atoms with Crippen LogP contribution in [0, 0.1) is 52.3 Å². The van der Waals surface area contributed by atoms with Crippen LogP contribution in [0.3, 0.4) is 0 Å². The number of aliphatic hydroxyl groups excluding tert-OH is 1. The maximum Gasteiger partial charge on any atom is 0.407 e. The number of hydrogen-bond donors (Lipinski definition) is 3. The molecule has 0 bridgehead atoms. The van der Waals surface area contributed by atoms with Crippen LogP contribution in [0.4, 0.5) is 4.79 Å². The smallest absolute Gasteiger partial charge is 0.407 e. The van der Waals surface area contributed by atoms with Crippen molar-refractivity contribution in [3.8, 4) is 5.75 Å². The summed E-state index contributed by atoms with van der Waals surface area (Å²) in [6.45, 7) is 13.3. The van der Waals surface area contributed by atoms with Gasteiger partial charge in [0.15, 0.2) is 0 Å². The number of carboxylic acids is 1. The van der Waals surface area contributed by atoms with Crippen molar-refractivity contribution in [2.24, 2.45) is 52.3 Å². The first-order valence-corrected chi connectivity index (χ1v) is 28.9. The number of carbonyl (C=O) groups excluding carboxylic acids is 3. The van der Waals surface area contributed by atoms with Gasteiger partial charge in [0, 0.05) is 31.8 Å². The van der Waals surface area contributed by atoms with E-state index in [1.54, 1.807) is 12.0 Å². The maximum absolute atomic E-state index is 13.9. The molecule has 1 heterocycles. The molecule has 0 aromatic heterocycles. The average Bonchev–Trinajstić information content (AvgIpc) is 4.00. The molecule has 12 nitrogen and oxygen atoms in total. The number of benzene rings is 3. The van der Waals surface area contributed by atoms with E-state index in [1.807, 2.05) is 78.9 Å². The van der Waals surface area contributed by atoms with Gasteiger partial charge in [-0.3, -0.25) is 14.4 Å². The molecular weight excluding hydrogens is 957 g/mol. The summed E-state index contributed by atoms with van der Waals surface area (Å²) in [7, 11) is 1.61. The zero-order chi connectivity index (χ0) is 54.0. The molecule has 11 atom stereocenters. The second kappa shape index (κ2) is 25.5. The number of rotatable bonds is 24. The Hall–Kier alpha value is -5.20. The predicted molar refractivity (Wildman–Crippen MR) is 294 cm³/mol. The van der Waals surface area contributed by atoms with Crippen LogP contribution in [0.25, 0.3) is 0 Å². The minimum absolute atomic E-state index is 0.0741. The number of esters is 1. The van der Waals surface area contributed by atoms with Gasteiger partial charge in [0.25, 0.3) is 0 Å². The van der Waals surface area contributed by atoms with Crippen molar-refractivity contribution in [2.75, 3.05) is 33.4 Å². The third-order valence-electron chi connectivity index (χ3n) is 19.2. The molecule has 2 amide bonds. The van der Waals surface area contributed by atoms with Gasteiger partial charge >= 0.3 is 18.0 Å². The number of allylic oxidation sites excluding steroid dienone is 1. The molecule has 3 aromatic rings. The van der Waals surface area contributed by atoms with Crippen LogP contribution in [-0.2, 0) is 40.8 Å². The van der Waals surface area contributed by atoms with Crippen LogP contribution < -0.4 is 10.1 Å². The Labute approximate surface area is 453 Å². The Morgan fingerprint density at radius 1 is 0.776 bits per heavy atom. The summed E-state index contributed by atoms with van der Waals surface area (Å²) < 4.78 is 24.7. The Balaban J connectivity index is 0.827. The fraction of sp³-hybridized carbons (Fsp3) is 0.625. The molecular formula is C64H88N2O10. The first-order valence-electron chi connectivity index (χ1n) is 28.9. The van der Waals surface area contributed by atoms with E-state index in [2.05, 4.69) is 46.0 Å². The van der Waals surface area contributed by atoms with Crippen molar-refractivity contribution >= 4 is 23.9 Å². The maximum atomic E-state index is 13.9. The first kappa shape index (κ1) is 57.0. The summed E-state index contributed by atoms with van der Waals surface area (Å²) >= 11 is 0. The molecule has 8 rings (SSSR count). The molecule has 0 radical (unpaired) electrons. The highest BCUT2D eigenvalue weighted by atomic mass is 16.6. The van der Waals surface area contributed by atoms with Gasteiger partial charge in [-0.25, -0.2) is 4.79 Å². The monoisotopic (exact) mass is 1040 g/mol. The molecule has 1 aliphatic heterocycles. The third-order valence-corrected chi connectivity index (χ3v) is 19.2. The molecule has 3 saturated carbocycles. The van der Waals surface area contributed by atoms with E-state index in [-0.39, 0.29) is 69.1 Å². The van der Waals surface area contributed by atoms with Crippen LogP contribution in [0.5, 0.6) is 5.75 Å². The van der Waals surface area contributed by atoms with Gasteiger partial charge < -0.3 is 39.4 Å². The average molecular weight is 1050 g/mol. The highest BCUT2D eigenvalue weighted by Crippen LogP contribution is 2.67. The van der Waals surface area contributed by atoms with Gasteiger partial charge in [0.05, 0.1) is 39.7 Å². The highest BCUT2D eigenvalue weighted by Gasteiger charge is 2.59. The second-order valence-corrected chi connectivity index (χ2v) is 24.2. The lowest BCUT2D eigenvalue weighted by Crippen LogP contribution is -2.51. The molecule has 5 aliphatic rings. The number of nitrogens with zero attached hydrogens (tertiary/aromatic N) is 1. The van der Waals surface area contributed by atoms with E-state index >= 15 is 0 Å². The predicted octanol–water partition coefficient (Wildman–Crippen LogP) is 12.4. The zero-order valence-corrected chi connectivity index (χ0v) is 46.4. The summed E-state index contributed by atoms with van der Waals surface area (Å²) in [5.41, 5.74) is 4.23. The number of fused-ring (bicyclic) bond motifs is 5. The van der Waals surface area contributed by atoms with Gasteiger partial charge in [0.1, 0.15) is 23.6 Å². The van der Waals surface area contributed by atoms with Crippen molar-refractivity contribution in [2.45, 2.75) is 168 Å². The van der Waals surface area contributed by atoms with Crippen molar-refractivity contribution < 1.29 is 48.3 Å². The van der Waals surface area contributed by atoms with Gasteiger partial charge in [-0.1, -0.05) is 139 Å². The molecule has 3 N–H and O–H groups in total. The fourth-order valence-electron chi connectivity index (χ4n) is 15.0. The van der Waals surface area contributed by atoms with Crippen LogP contribution in [0.2, 0.25) is 0 Å². The molecule has 4 fully saturated rings. The van der Waals surface area contributed by atoms with E-state index in [1.165, 1.54) is 56.9 Å². The third kappa shape index (κ3) is 12.9. The lowest BCUT2D eigenvalue weighted by atomic mass is 9.47. The Kier molecular flexibility index (Phi) is 19.1. The van der Waals surface area contributed by atoms with Crippen LogP contribution in [0.15, 0.2) is 90.5 Å². The number of methoxy groups -OCH3 is 1. The summed E-state index contributed by atoms with van der Waals surface area (Å²) in [5.74, 6) is 3.17. The number of carboxylic acid groups (broad SMARTS) is 1. The van der Waals surface area contributed by atoms with Crippen molar-refractivity contribution in [3.05, 3.63) is 113 Å². The van der Waals surface area contributed by atoms with Gasteiger partial charge in [-0.05, 0) is 139 Å². The first-order chi connectivity index (χ1) is 36.6. The minimum atomic E-state index is -1.16. The molecule has 12 heteroatoms. The SMILES string of the molecule is COc1ccc(C(OCC2CN(C(=O)CCCCCNC(=O)OC3CC[C@@]4(C)C(=CCC5C4CC[C@@]4(C)C5CC[C@@H]4C(C)CCCC(C)C)C3)CC2OC(=O)CCC(=O)O)(c2ccccc2)c2ccc(CO)cc2)cc1. The summed E-state index contributed by atoms with van der Waals surface area (Å²) in [6, 6.07) is 25.1. The van der Waals surface area contributed by atoms with Crippen molar-refractivity contribution in [1.82, 2.24) is 10.2 Å². The summed E-state index contributed by atoms with van der Waals surface area (Å²) in [6.07, 6.45) is 16.5. The number of aliphatic hydroxyl groups is 1. The molecule has 0 spiro atoms. The number of likely N-dealkylation sites (tertiary alicyclic amines) is 1. The Morgan fingerprint density at radius 2 is 1.50 bits per heavy atom. The normalized spacial score (nSPS) is 28.0. The van der Waals surface area contributed by atoms with E-state index in [4.69, 9.17) is 18.9 Å². The lowest BCUT2D eigenvalue weighted by Gasteiger charge is -2.58. The van der Waals surface area contributed by atoms with Gasteiger partial charge in [-0.2, -0.15) is 0 Å². The topological polar surface area (TPSA) is 161 Å². The van der Waals surface area contributed by atoms with Gasteiger partial charge in [0.2, 0.25) is 5.91 Å². The number of amides is 2. The standard InChI is InChI=1S/C64H88N2O10/c1-43(2)14-13-15-44(3)54-29-30-55-53-28-25-50-38-52(33-35-62(50,4)56(53)34-36-63(54,55)5)75-61(72)65-37-12-8-11-18-58(68)66-39-46(57(40-66)76-60(71)32-31-59(69)70)42-74-64(47-16-9-7-10-17-47,48-21-19-45(41-67)20-22-48)49-23-26-51(73-6)27-24-49/h7,9-10,16-17,19-27,43-44,46,52-57,67H,8,11-15,18,28-42H2,1-6H3,(H,65,72)(H,69,70)/t44?,46?,52?,53?,54-,55?,56?,57?,62+,63-,64?/m1/s1. The largest absolute Gasteiger partial charge is 0.497 e. The lowest BCUT2D eigenvalue weighted by molar-refractivity contribution is -0.154. The van der Waals surface area contributed by atoms with E-state index < -0.39 is 29.6 Å². The minimum Gasteiger partial charge on any atom is -0.497 e. The fourth-order valence-corrected chi connectivity index (χ4v) is 15.0. The molecule has 3 aromatic carbocycles. The van der Waals surface area contributed by atoms with Crippen LogP contribution in [0.1, 0.15) is 166 Å². The number of nitrogens with one attached hydrogen (secondary N) is 1. The van der Waals surface area contributed by atoms with E-state index in [0.717, 1.165) is 83.4 Å². The molecule has 4 aliphatic carbocycles. The van der Waals surface area contributed by atoms with Gasteiger partial charge in [-0.15, -0.1) is 0 Å². The van der Waals surface area contributed by atoms with E-state index in [9.17, 15) is 29.4 Å². The zero-order valence-electron chi connectivity index (χ0n) is 46.4. The Bertz CT molecular complexity index is 2390. The number of carbonyl (C=O) groups is 4. The Morgan fingerprint density at radius 3 is 2.20 bits per heavy atom. The quantitative estimate of drug-likeness (QED) is 0.0341. The summed E-state index contributed by atoms with van der Waals surface area (Å²) in [5, 5.41) is 22.2. The highest BCUT2D eigenvalue weighted by molar-refractivity contribution is 5.78. The van der Waals surface area contributed by atoms with Crippen molar-refractivity contribution in [1.29, 1.82) is 0 Å². The second-order valence-electron chi connectivity index (χ2n) is 24.2. The number of unbranched alkanes of at least 4 members (excludes halogenated alkanes) is 2. The van der Waals surface area contributed by atoms with Crippen molar-refractivity contribution in [3.63, 3.8) is 0 Å². The van der Waals surface area contributed by atoms with Crippen LogP contribution in [-0.4, -0.2) is 84.6 Å². The van der Waals surface area contributed by atoms with E-state index in [0.29, 0.717) is 30.6 Å². The molecule has 1 saturated heterocycles. The van der Waals surface area contributed by atoms with Crippen LogP contribution >= 0.6 is 0 Å². The number of aliphatic carboxylic acids is 1. The molecule has 8 unspecified atom stereocenters. The number of alkyl carbamates (subject to hydrolysis) is 1. The molecule has 414 valence electrons.